The molecular formula is C12H21N3. The van der Waals surface area contributed by atoms with Gasteiger partial charge >= 0.3 is 0 Å². The average molecular weight is 207 g/mol. The zero-order chi connectivity index (χ0) is 11.5. The maximum Gasteiger partial charge on any atom is 0.137 e. The lowest BCUT2D eigenvalue weighted by molar-refractivity contribution is 0.240. The third kappa shape index (κ3) is 3.26. The van der Waals surface area contributed by atoms with Crippen LogP contribution in [0.15, 0.2) is 12.7 Å². The van der Waals surface area contributed by atoms with Crippen molar-refractivity contribution in [1.29, 1.82) is 0 Å². The number of hydrogen-bond donors (Lipinski definition) is 0. The van der Waals surface area contributed by atoms with Gasteiger partial charge in [-0.2, -0.15) is 0 Å². The van der Waals surface area contributed by atoms with Gasteiger partial charge in [-0.15, -0.1) is 0 Å². The van der Waals surface area contributed by atoms with E-state index in [1.807, 2.05) is 0 Å². The van der Waals surface area contributed by atoms with E-state index in [9.17, 15) is 0 Å². The molecule has 0 saturated heterocycles. The molecule has 0 aliphatic heterocycles. The van der Waals surface area contributed by atoms with Gasteiger partial charge < -0.3 is 0 Å². The van der Waals surface area contributed by atoms with Crippen LogP contribution < -0.4 is 0 Å². The summed E-state index contributed by atoms with van der Waals surface area (Å²) in [6.07, 6.45) is 5.40. The van der Waals surface area contributed by atoms with Crippen molar-refractivity contribution in [2.24, 2.45) is 5.41 Å². The molecule has 1 heterocycles. The Bertz CT molecular complexity index is 304. The Kier molecular flexibility index (Phi) is 3.42. The van der Waals surface area contributed by atoms with Gasteiger partial charge in [-0.3, -0.25) is 0 Å². The van der Waals surface area contributed by atoms with E-state index in [1.165, 1.54) is 6.42 Å². The first-order valence-electron chi connectivity index (χ1n) is 5.50. The molecule has 0 fully saturated rings. The lowest BCUT2D eigenvalue weighted by atomic mass is 9.73. The summed E-state index contributed by atoms with van der Waals surface area (Å²) in [6.45, 7) is 11.2. The molecule has 3 heteroatoms. The topological polar surface area (TPSA) is 38.7 Å². The van der Waals surface area contributed by atoms with Crippen molar-refractivity contribution in [3.8, 4) is 0 Å². The zero-order valence-electron chi connectivity index (χ0n) is 10.4. The summed E-state index contributed by atoms with van der Waals surface area (Å²) in [7, 11) is 0. The smallest absolute Gasteiger partial charge is 0.137 e. The molecule has 1 rings (SSSR count). The summed E-state index contributed by atoms with van der Waals surface area (Å²) < 4.78 is 0. The normalized spacial score (nSPS) is 12.9. The van der Waals surface area contributed by atoms with Gasteiger partial charge in [0.25, 0.3) is 0 Å². The van der Waals surface area contributed by atoms with E-state index in [0.717, 1.165) is 12.2 Å². The van der Waals surface area contributed by atoms with E-state index in [-0.39, 0.29) is 5.41 Å². The van der Waals surface area contributed by atoms with Crippen LogP contribution in [0.5, 0.6) is 0 Å². The Morgan fingerprint density at radius 2 is 1.60 bits per heavy atom. The summed E-state index contributed by atoms with van der Waals surface area (Å²) in [4.78, 5) is 12.3. The minimum absolute atomic E-state index is 0.0163. The maximum atomic E-state index is 4.25. The van der Waals surface area contributed by atoms with Gasteiger partial charge in [-0.1, -0.05) is 41.0 Å². The highest BCUT2D eigenvalue weighted by Crippen LogP contribution is 2.36. The average Bonchev–Trinajstić information content (AvgIpc) is 2.18. The fraction of sp³-hybridized carbons (Fsp3) is 0.750. The van der Waals surface area contributed by atoms with E-state index in [4.69, 9.17) is 0 Å². The van der Waals surface area contributed by atoms with Gasteiger partial charge in [-0.05, 0) is 11.8 Å². The monoisotopic (exact) mass is 207 g/mol. The quantitative estimate of drug-likeness (QED) is 0.762. The van der Waals surface area contributed by atoms with E-state index in [1.54, 1.807) is 12.7 Å². The number of aromatic nitrogens is 3. The Morgan fingerprint density at radius 1 is 1.07 bits per heavy atom. The Balaban J connectivity index is 2.85. The molecule has 1 aromatic heterocycles. The lowest BCUT2D eigenvalue weighted by Crippen LogP contribution is -2.28. The molecule has 0 atom stereocenters. The molecule has 0 N–H and O–H groups in total. The standard InChI is InChI=1S/C12H21N3/c1-6-11(2,3)7-12(4,5)10-14-8-13-9-15-10/h8-9H,6-7H2,1-5H3. The van der Waals surface area contributed by atoms with Crippen LogP contribution in [0.1, 0.15) is 53.3 Å². The molecule has 0 aliphatic carbocycles. The molecule has 0 aromatic carbocycles. The number of hydrogen-bond acceptors (Lipinski definition) is 3. The fourth-order valence-electron chi connectivity index (χ4n) is 1.99. The molecule has 0 radical (unpaired) electrons. The summed E-state index contributed by atoms with van der Waals surface area (Å²) in [5.74, 6) is 0.888. The van der Waals surface area contributed by atoms with Crippen molar-refractivity contribution in [3.05, 3.63) is 18.5 Å². The van der Waals surface area contributed by atoms with Gasteiger partial charge in [0, 0.05) is 5.41 Å². The molecule has 0 aliphatic rings. The molecule has 0 bridgehead atoms. The Morgan fingerprint density at radius 3 is 2.07 bits per heavy atom. The highest BCUT2D eigenvalue weighted by atomic mass is 15.0. The molecule has 0 saturated carbocycles. The minimum Gasteiger partial charge on any atom is -0.225 e. The first-order valence-corrected chi connectivity index (χ1v) is 5.50. The molecular weight excluding hydrogens is 186 g/mol. The molecule has 0 spiro atoms. The molecule has 1 aromatic rings. The minimum atomic E-state index is 0.0163. The zero-order valence-corrected chi connectivity index (χ0v) is 10.4. The molecule has 0 amide bonds. The van der Waals surface area contributed by atoms with Crippen molar-refractivity contribution in [2.45, 2.75) is 52.9 Å². The third-order valence-corrected chi connectivity index (χ3v) is 2.98. The van der Waals surface area contributed by atoms with Crippen molar-refractivity contribution in [1.82, 2.24) is 15.0 Å². The second kappa shape index (κ2) is 4.25. The highest BCUT2D eigenvalue weighted by molar-refractivity contribution is 5.03. The summed E-state index contributed by atoms with van der Waals surface area (Å²) >= 11 is 0. The Labute approximate surface area is 92.4 Å². The fourth-order valence-corrected chi connectivity index (χ4v) is 1.99. The van der Waals surface area contributed by atoms with Crippen LogP contribution in [0.4, 0.5) is 0 Å². The van der Waals surface area contributed by atoms with Crippen LogP contribution in [-0.2, 0) is 5.41 Å². The largest absolute Gasteiger partial charge is 0.225 e. The van der Waals surface area contributed by atoms with Crippen LogP contribution in [-0.4, -0.2) is 15.0 Å². The maximum absolute atomic E-state index is 4.25. The van der Waals surface area contributed by atoms with Gasteiger partial charge in [0.05, 0.1) is 0 Å². The van der Waals surface area contributed by atoms with E-state index in [2.05, 4.69) is 49.6 Å². The van der Waals surface area contributed by atoms with E-state index in [0.29, 0.717) is 5.41 Å². The second-order valence-corrected chi connectivity index (χ2v) is 5.54. The van der Waals surface area contributed by atoms with E-state index >= 15 is 0 Å². The van der Waals surface area contributed by atoms with Crippen LogP contribution in [0.2, 0.25) is 0 Å². The number of nitrogens with zero attached hydrogens (tertiary/aromatic N) is 3. The van der Waals surface area contributed by atoms with Crippen LogP contribution in [0, 0.1) is 5.41 Å². The number of rotatable bonds is 4. The SMILES string of the molecule is CCC(C)(C)CC(C)(C)c1ncncn1. The predicted octanol–water partition coefficient (Wildman–Crippen LogP) is 2.98. The predicted molar refractivity (Wildman–Crippen MR) is 61.5 cm³/mol. The van der Waals surface area contributed by atoms with Crippen LogP contribution in [0.25, 0.3) is 0 Å². The summed E-state index contributed by atoms with van der Waals surface area (Å²) in [6, 6.07) is 0. The van der Waals surface area contributed by atoms with E-state index < -0.39 is 0 Å². The second-order valence-electron chi connectivity index (χ2n) is 5.54. The van der Waals surface area contributed by atoms with Crippen LogP contribution in [0.3, 0.4) is 0 Å². The van der Waals surface area contributed by atoms with Gasteiger partial charge in [0.1, 0.15) is 18.5 Å². The van der Waals surface area contributed by atoms with Gasteiger partial charge in [-0.25, -0.2) is 15.0 Å². The highest BCUT2D eigenvalue weighted by Gasteiger charge is 2.31. The van der Waals surface area contributed by atoms with Crippen molar-refractivity contribution < 1.29 is 0 Å². The van der Waals surface area contributed by atoms with Crippen molar-refractivity contribution in [2.75, 3.05) is 0 Å². The molecule has 0 unspecified atom stereocenters. The molecule has 84 valence electrons. The summed E-state index contributed by atoms with van der Waals surface area (Å²) in [5, 5.41) is 0. The third-order valence-electron chi connectivity index (χ3n) is 2.98. The first kappa shape index (κ1) is 12.1. The summed E-state index contributed by atoms with van der Waals surface area (Å²) in [5.41, 5.74) is 0.346. The van der Waals surface area contributed by atoms with Crippen LogP contribution >= 0.6 is 0 Å². The van der Waals surface area contributed by atoms with Crippen molar-refractivity contribution >= 4 is 0 Å². The molecule has 15 heavy (non-hydrogen) atoms. The van der Waals surface area contributed by atoms with Gasteiger partial charge in [0.15, 0.2) is 0 Å². The first-order chi connectivity index (χ1) is 6.87. The van der Waals surface area contributed by atoms with Crippen molar-refractivity contribution in [3.63, 3.8) is 0 Å². The Hall–Kier alpha value is -0.990. The lowest BCUT2D eigenvalue weighted by Gasteiger charge is -2.32. The molecule has 3 nitrogen and oxygen atoms in total. The van der Waals surface area contributed by atoms with Gasteiger partial charge in [0.2, 0.25) is 0 Å².